The van der Waals surface area contributed by atoms with Gasteiger partial charge in [0, 0.05) is 14.2 Å². The number of phosphoric ester groups is 1. The van der Waals surface area contributed by atoms with Crippen molar-refractivity contribution in [3.8, 4) is 0 Å². The van der Waals surface area contributed by atoms with Crippen LogP contribution in [-0.2, 0) is 18.1 Å². The predicted octanol–water partition coefficient (Wildman–Crippen LogP) is 1.32. The fourth-order valence-electron chi connectivity index (χ4n) is 0.378. The zero-order chi connectivity index (χ0) is 8.74. The predicted molar refractivity (Wildman–Crippen MR) is 39.0 cm³/mol. The van der Waals surface area contributed by atoms with Gasteiger partial charge in [0.05, 0.1) is 0 Å². The highest BCUT2D eigenvalue weighted by Gasteiger charge is 2.22. The first kappa shape index (κ1) is 10.6. The van der Waals surface area contributed by atoms with Gasteiger partial charge in [-0.1, -0.05) is 0 Å². The molecule has 0 spiro atoms. The number of nitrogens with zero attached hydrogens (tertiary/aromatic N) is 1. The number of hydrogen-bond donors (Lipinski definition) is 0. The van der Waals surface area contributed by atoms with Gasteiger partial charge in [-0.15, -0.1) is 0 Å². The van der Waals surface area contributed by atoms with Gasteiger partial charge in [0.25, 0.3) is 0 Å². The summed E-state index contributed by atoms with van der Waals surface area (Å²) in [4.78, 5) is 3.00. The third-order valence-electron chi connectivity index (χ3n) is 0.900. The van der Waals surface area contributed by atoms with Gasteiger partial charge in [-0.05, 0) is 0 Å². The Morgan fingerprint density at radius 2 is 2.00 bits per heavy atom. The maximum atomic E-state index is 11.1. The summed E-state index contributed by atoms with van der Waals surface area (Å²) in [6.07, 6.45) is 0. The van der Waals surface area contributed by atoms with Crippen LogP contribution in [0.5, 0.6) is 0 Å². The summed E-state index contributed by atoms with van der Waals surface area (Å²) < 4.78 is 24.6. The third kappa shape index (κ3) is 4.12. The van der Waals surface area contributed by atoms with Gasteiger partial charge in [0.2, 0.25) is 6.54 Å². The average molecular weight is 179 g/mol. The van der Waals surface area contributed by atoms with E-state index < -0.39 is 7.82 Å². The molecule has 0 rings (SSSR count). The lowest BCUT2D eigenvalue weighted by atomic mass is 10.7. The molecule has 0 aromatic rings. The van der Waals surface area contributed by atoms with Crippen LogP contribution in [0.25, 0.3) is 4.85 Å². The van der Waals surface area contributed by atoms with Crippen molar-refractivity contribution in [1.29, 1.82) is 0 Å². The molecule has 0 bridgehead atoms. The highest BCUT2D eigenvalue weighted by Crippen LogP contribution is 2.47. The van der Waals surface area contributed by atoms with Crippen molar-refractivity contribution < 1.29 is 18.1 Å². The Morgan fingerprint density at radius 1 is 1.45 bits per heavy atom. The topological polar surface area (TPSA) is 49.1 Å². The third-order valence-corrected chi connectivity index (χ3v) is 2.29. The van der Waals surface area contributed by atoms with E-state index in [1.165, 1.54) is 14.2 Å². The molecule has 0 aliphatic rings. The van der Waals surface area contributed by atoms with Crippen LogP contribution >= 0.6 is 7.82 Å². The van der Waals surface area contributed by atoms with Crippen LogP contribution in [-0.4, -0.2) is 27.4 Å². The Bertz CT molecular complexity index is 179. The largest absolute Gasteiger partial charge is 0.474 e. The van der Waals surface area contributed by atoms with Crippen molar-refractivity contribution in [2.24, 2.45) is 0 Å². The summed E-state index contributed by atoms with van der Waals surface area (Å²) in [6.45, 7) is 6.61. The molecular formula is C5H10NO4P. The maximum absolute atomic E-state index is 11.1. The number of phosphoric acid groups is 1. The molecule has 0 atom stereocenters. The van der Waals surface area contributed by atoms with Crippen LogP contribution in [0.2, 0.25) is 0 Å². The molecule has 0 aliphatic carbocycles. The van der Waals surface area contributed by atoms with Crippen LogP contribution in [0, 0.1) is 6.57 Å². The summed E-state index contributed by atoms with van der Waals surface area (Å²) in [5.41, 5.74) is 0. The van der Waals surface area contributed by atoms with E-state index in [0.29, 0.717) is 0 Å². The first-order valence-corrected chi connectivity index (χ1v) is 4.34. The van der Waals surface area contributed by atoms with Crippen molar-refractivity contribution in [2.45, 2.75) is 0 Å². The smallest absolute Gasteiger partial charge is 0.314 e. The summed E-state index contributed by atoms with van der Waals surface area (Å²) in [5.74, 6) is 0. The molecule has 0 radical (unpaired) electrons. The zero-order valence-corrected chi connectivity index (χ0v) is 7.34. The number of rotatable bonds is 5. The van der Waals surface area contributed by atoms with Gasteiger partial charge in [-0.25, -0.2) is 11.1 Å². The molecule has 0 aromatic heterocycles. The monoisotopic (exact) mass is 179 g/mol. The molecule has 0 saturated heterocycles. The maximum Gasteiger partial charge on any atom is 0.474 e. The molecule has 0 unspecified atom stereocenters. The second-order valence-electron chi connectivity index (χ2n) is 1.53. The van der Waals surface area contributed by atoms with Gasteiger partial charge in [0.1, 0.15) is 6.61 Å². The van der Waals surface area contributed by atoms with Crippen molar-refractivity contribution in [3.63, 3.8) is 0 Å². The van der Waals surface area contributed by atoms with Gasteiger partial charge < -0.3 is 4.85 Å². The Kier molecular flexibility index (Phi) is 5.08. The molecule has 0 N–H and O–H groups in total. The van der Waals surface area contributed by atoms with Gasteiger partial charge in [0.15, 0.2) is 0 Å². The molecule has 0 fully saturated rings. The van der Waals surface area contributed by atoms with E-state index in [1.807, 2.05) is 0 Å². The summed E-state index contributed by atoms with van der Waals surface area (Å²) in [7, 11) is -0.906. The van der Waals surface area contributed by atoms with Gasteiger partial charge in [-0.2, -0.15) is 0 Å². The average Bonchev–Trinajstić information content (AvgIpc) is 2.05. The lowest BCUT2D eigenvalue weighted by molar-refractivity contribution is 0.157. The fourth-order valence-corrected chi connectivity index (χ4v) is 1.04. The number of hydrogen-bond acceptors (Lipinski definition) is 4. The van der Waals surface area contributed by atoms with Crippen LogP contribution in [0.1, 0.15) is 0 Å². The van der Waals surface area contributed by atoms with Crippen molar-refractivity contribution in [2.75, 3.05) is 27.4 Å². The first-order chi connectivity index (χ1) is 5.18. The normalized spacial score (nSPS) is 11.0. The van der Waals surface area contributed by atoms with Crippen LogP contribution in [0.4, 0.5) is 0 Å². The van der Waals surface area contributed by atoms with Crippen molar-refractivity contribution >= 4 is 7.82 Å². The first-order valence-electron chi connectivity index (χ1n) is 2.88. The van der Waals surface area contributed by atoms with Crippen LogP contribution < -0.4 is 0 Å². The van der Waals surface area contributed by atoms with Crippen LogP contribution in [0.15, 0.2) is 0 Å². The highest BCUT2D eigenvalue weighted by atomic mass is 31.2. The van der Waals surface area contributed by atoms with E-state index in [2.05, 4.69) is 18.4 Å². The summed E-state index contributed by atoms with van der Waals surface area (Å²) >= 11 is 0. The molecule has 0 aliphatic heterocycles. The molecule has 0 aromatic carbocycles. The Labute approximate surface area is 65.7 Å². The second-order valence-corrected chi connectivity index (χ2v) is 3.41. The standard InChI is InChI=1S/C5H10NO4P/c1-6-4-5-10-11(7,8-2)9-3/h4-5H2,2-3H3. The highest BCUT2D eigenvalue weighted by molar-refractivity contribution is 7.48. The molecule has 6 heteroatoms. The molecular weight excluding hydrogens is 169 g/mol. The van der Waals surface area contributed by atoms with Crippen molar-refractivity contribution in [3.05, 3.63) is 11.4 Å². The molecule has 0 heterocycles. The van der Waals surface area contributed by atoms with Gasteiger partial charge >= 0.3 is 7.82 Å². The lowest BCUT2D eigenvalue weighted by Gasteiger charge is -2.10. The lowest BCUT2D eigenvalue weighted by Crippen LogP contribution is -1.98. The summed E-state index contributed by atoms with van der Waals surface area (Å²) in [6, 6.07) is 0. The van der Waals surface area contributed by atoms with Gasteiger partial charge in [-0.3, -0.25) is 13.6 Å². The Hall–Kier alpha value is -0.400. The molecule has 0 amide bonds. The molecule has 0 saturated carbocycles. The Balaban J connectivity index is 3.72. The van der Waals surface area contributed by atoms with E-state index in [0.717, 1.165) is 0 Å². The quantitative estimate of drug-likeness (QED) is 0.363. The molecule has 5 nitrogen and oxygen atoms in total. The molecule has 11 heavy (non-hydrogen) atoms. The van der Waals surface area contributed by atoms with Crippen molar-refractivity contribution in [1.82, 2.24) is 0 Å². The minimum absolute atomic E-state index is 0.0580. The van der Waals surface area contributed by atoms with E-state index in [4.69, 9.17) is 6.57 Å². The summed E-state index contributed by atoms with van der Waals surface area (Å²) in [5, 5.41) is 0. The van der Waals surface area contributed by atoms with E-state index in [-0.39, 0.29) is 13.2 Å². The molecule has 64 valence electrons. The minimum atomic E-state index is -3.35. The van der Waals surface area contributed by atoms with E-state index in [9.17, 15) is 4.57 Å². The van der Waals surface area contributed by atoms with E-state index >= 15 is 0 Å². The second kappa shape index (κ2) is 5.28. The Morgan fingerprint density at radius 3 is 2.36 bits per heavy atom. The zero-order valence-electron chi connectivity index (χ0n) is 6.44. The van der Waals surface area contributed by atoms with E-state index in [1.54, 1.807) is 0 Å². The fraction of sp³-hybridized carbons (Fsp3) is 0.800. The SMILES string of the molecule is [C-]#[N+]CCOP(=O)(OC)OC. The minimum Gasteiger partial charge on any atom is -0.314 e. The van der Waals surface area contributed by atoms with Crippen LogP contribution in [0.3, 0.4) is 0 Å².